The average molecular weight is 334 g/mol. The number of nitrogens with zero attached hydrogens (tertiary/aromatic N) is 5. The van der Waals surface area contributed by atoms with Gasteiger partial charge in [0.25, 0.3) is 0 Å². The van der Waals surface area contributed by atoms with Gasteiger partial charge in [-0.1, -0.05) is 33.8 Å². The number of hydrogen-bond acceptors (Lipinski definition) is 5. The molecule has 3 rings (SSSR count). The fourth-order valence-corrected chi connectivity index (χ4v) is 2.88. The molecule has 0 spiro atoms. The second kappa shape index (κ2) is 6.52. The van der Waals surface area contributed by atoms with Crippen molar-refractivity contribution >= 4 is 16.9 Å². The van der Waals surface area contributed by atoms with Crippen LogP contribution in [0, 0.1) is 11.3 Å². The van der Waals surface area contributed by atoms with Gasteiger partial charge < -0.3 is 10.3 Å². The van der Waals surface area contributed by atoms with Gasteiger partial charge in [0.15, 0.2) is 0 Å². The highest BCUT2D eigenvalue weighted by Crippen LogP contribution is 2.29. The van der Waals surface area contributed by atoms with Crippen molar-refractivity contribution in [2.45, 2.75) is 46.1 Å². The van der Waals surface area contributed by atoms with Gasteiger partial charge >= 0.3 is 0 Å². The van der Waals surface area contributed by atoms with E-state index in [0.717, 1.165) is 28.1 Å². The lowest BCUT2D eigenvalue weighted by Crippen LogP contribution is -2.08. The summed E-state index contributed by atoms with van der Waals surface area (Å²) >= 11 is 0. The number of fused-ring (bicyclic) bond motifs is 1. The molecular weight excluding hydrogens is 312 g/mol. The van der Waals surface area contributed by atoms with Gasteiger partial charge in [-0.05, 0) is 12.0 Å². The Morgan fingerprint density at radius 3 is 2.56 bits per heavy atom. The Labute approximate surface area is 147 Å². The summed E-state index contributed by atoms with van der Waals surface area (Å²) in [5, 5.41) is 10.4. The lowest BCUT2D eigenvalue weighted by Gasteiger charge is -2.13. The van der Waals surface area contributed by atoms with Crippen molar-refractivity contribution in [1.82, 2.24) is 19.5 Å². The van der Waals surface area contributed by atoms with Crippen molar-refractivity contribution in [3.05, 3.63) is 47.2 Å². The van der Waals surface area contributed by atoms with Crippen LogP contribution in [0.4, 0.5) is 5.82 Å². The van der Waals surface area contributed by atoms with E-state index in [2.05, 4.69) is 38.7 Å². The predicted molar refractivity (Wildman–Crippen MR) is 98.2 cm³/mol. The second-order valence-electron chi connectivity index (χ2n) is 6.81. The third-order valence-corrected chi connectivity index (χ3v) is 4.21. The lowest BCUT2D eigenvalue weighted by atomic mass is 10.0. The van der Waals surface area contributed by atoms with Crippen LogP contribution in [0.3, 0.4) is 0 Å². The number of nitriles is 1. The van der Waals surface area contributed by atoms with Crippen molar-refractivity contribution < 1.29 is 0 Å². The molecule has 3 aromatic rings. The summed E-state index contributed by atoms with van der Waals surface area (Å²) in [5.74, 6) is 1.69. The molecule has 3 heterocycles. The van der Waals surface area contributed by atoms with Gasteiger partial charge in [-0.2, -0.15) is 5.26 Å². The molecule has 3 aromatic heterocycles. The Balaban J connectivity index is 2.26. The SMILES string of the molecule is CC(C)c1nc(C(C)C)c2c(C#N)cn(Cc3cccnc3N)c2n1. The number of pyridine rings is 1. The van der Waals surface area contributed by atoms with Crippen LogP contribution < -0.4 is 5.73 Å². The van der Waals surface area contributed by atoms with Crippen LogP contribution in [0.25, 0.3) is 11.0 Å². The molecule has 0 bridgehead atoms. The minimum absolute atomic E-state index is 0.203. The number of nitrogen functional groups attached to an aromatic ring is 1. The van der Waals surface area contributed by atoms with Gasteiger partial charge in [0.05, 0.1) is 23.2 Å². The van der Waals surface area contributed by atoms with E-state index in [1.165, 1.54) is 0 Å². The molecule has 0 aliphatic rings. The summed E-state index contributed by atoms with van der Waals surface area (Å²) in [6.07, 6.45) is 3.50. The summed E-state index contributed by atoms with van der Waals surface area (Å²) in [7, 11) is 0. The third kappa shape index (κ3) is 3.05. The van der Waals surface area contributed by atoms with E-state index in [9.17, 15) is 5.26 Å². The summed E-state index contributed by atoms with van der Waals surface area (Å²) in [6, 6.07) is 6.08. The first-order valence-corrected chi connectivity index (χ1v) is 8.42. The number of rotatable bonds is 4. The molecule has 0 radical (unpaired) electrons. The minimum Gasteiger partial charge on any atom is -0.383 e. The molecule has 6 nitrogen and oxygen atoms in total. The molecule has 0 aliphatic heterocycles. The molecule has 0 saturated heterocycles. The highest BCUT2D eigenvalue weighted by atomic mass is 15.1. The molecule has 0 amide bonds. The Morgan fingerprint density at radius 2 is 1.96 bits per heavy atom. The van der Waals surface area contributed by atoms with Crippen LogP contribution in [0.5, 0.6) is 0 Å². The Morgan fingerprint density at radius 1 is 1.20 bits per heavy atom. The molecule has 0 saturated carbocycles. The van der Waals surface area contributed by atoms with E-state index in [4.69, 9.17) is 15.7 Å². The van der Waals surface area contributed by atoms with E-state index in [1.807, 2.05) is 22.9 Å². The maximum Gasteiger partial charge on any atom is 0.145 e. The van der Waals surface area contributed by atoms with Crippen LogP contribution >= 0.6 is 0 Å². The summed E-state index contributed by atoms with van der Waals surface area (Å²) in [5.41, 5.74) is 9.18. The summed E-state index contributed by atoms with van der Waals surface area (Å²) in [4.78, 5) is 13.6. The van der Waals surface area contributed by atoms with Gasteiger partial charge in [-0.25, -0.2) is 15.0 Å². The van der Waals surface area contributed by atoms with Gasteiger partial charge in [0.2, 0.25) is 0 Å². The monoisotopic (exact) mass is 334 g/mol. The number of nitrogens with two attached hydrogens (primary N) is 1. The molecule has 25 heavy (non-hydrogen) atoms. The third-order valence-electron chi connectivity index (χ3n) is 4.21. The maximum atomic E-state index is 9.60. The van der Waals surface area contributed by atoms with Gasteiger partial charge in [-0.15, -0.1) is 0 Å². The first-order valence-electron chi connectivity index (χ1n) is 8.42. The fourth-order valence-electron chi connectivity index (χ4n) is 2.88. The molecule has 2 N–H and O–H groups in total. The van der Waals surface area contributed by atoms with E-state index >= 15 is 0 Å². The standard InChI is InChI=1S/C19H22N6/c1-11(2)16-15-14(8-20)10-25(9-13-6-5-7-22-17(13)21)19(15)24-18(23-16)12(3)4/h5-7,10-12H,9H2,1-4H3,(H2,21,22). The zero-order valence-corrected chi connectivity index (χ0v) is 15.0. The average Bonchev–Trinajstić information content (AvgIpc) is 2.93. The van der Waals surface area contributed by atoms with Crippen molar-refractivity contribution in [1.29, 1.82) is 5.26 Å². The van der Waals surface area contributed by atoms with E-state index in [0.29, 0.717) is 17.9 Å². The van der Waals surface area contributed by atoms with Crippen LogP contribution in [-0.2, 0) is 6.54 Å². The van der Waals surface area contributed by atoms with Crippen LogP contribution in [0.15, 0.2) is 24.5 Å². The zero-order valence-electron chi connectivity index (χ0n) is 15.0. The van der Waals surface area contributed by atoms with Gasteiger partial charge in [0.1, 0.15) is 23.4 Å². The van der Waals surface area contributed by atoms with Crippen LogP contribution in [-0.4, -0.2) is 19.5 Å². The van der Waals surface area contributed by atoms with Crippen molar-refractivity contribution in [3.63, 3.8) is 0 Å². The van der Waals surface area contributed by atoms with E-state index in [1.54, 1.807) is 6.20 Å². The molecule has 128 valence electrons. The summed E-state index contributed by atoms with van der Waals surface area (Å²) in [6.45, 7) is 8.84. The largest absolute Gasteiger partial charge is 0.383 e. The van der Waals surface area contributed by atoms with Gasteiger partial charge in [0, 0.05) is 23.9 Å². The van der Waals surface area contributed by atoms with Crippen LogP contribution in [0.1, 0.15) is 62.2 Å². The number of aromatic nitrogens is 4. The number of anilines is 1. The van der Waals surface area contributed by atoms with E-state index < -0.39 is 0 Å². The molecule has 0 atom stereocenters. The Hall–Kier alpha value is -2.94. The first-order chi connectivity index (χ1) is 11.9. The summed E-state index contributed by atoms with van der Waals surface area (Å²) < 4.78 is 1.97. The number of hydrogen-bond donors (Lipinski definition) is 1. The molecule has 6 heteroatoms. The van der Waals surface area contributed by atoms with Crippen LogP contribution in [0.2, 0.25) is 0 Å². The Bertz CT molecular complexity index is 962. The maximum absolute atomic E-state index is 9.60. The Kier molecular flexibility index (Phi) is 4.41. The van der Waals surface area contributed by atoms with Crippen molar-refractivity contribution in [3.8, 4) is 6.07 Å². The molecule has 0 aliphatic carbocycles. The van der Waals surface area contributed by atoms with Crippen molar-refractivity contribution in [2.24, 2.45) is 0 Å². The predicted octanol–water partition coefficient (Wildman–Crippen LogP) is 3.58. The quantitative estimate of drug-likeness (QED) is 0.787. The highest BCUT2D eigenvalue weighted by molar-refractivity contribution is 5.86. The smallest absolute Gasteiger partial charge is 0.145 e. The van der Waals surface area contributed by atoms with Crippen molar-refractivity contribution in [2.75, 3.05) is 5.73 Å². The zero-order chi connectivity index (χ0) is 18.1. The minimum atomic E-state index is 0.203. The molecule has 0 fully saturated rings. The normalized spacial score (nSPS) is 11.4. The first kappa shape index (κ1) is 16.9. The molecule has 0 unspecified atom stereocenters. The fraction of sp³-hybridized carbons (Fsp3) is 0.368. The molecule has 0 aromatic carbocycles. The second-order valence-corrected chi connectivity index (χ2v) is 6.81. The topological polar surface area (TPSA) is 93.4 Å². The lowest BCUT2D eigenvalue weighted by molar-refractivity contribution is 0.732. The highest BCUT2D eigenvalue weighted by Gasteiger charge is 2.20. The van der Waals surface area contributed by atoms with Gasteiger partial charge in [-0.3, -0.25) is 0 Å². The van der Waals surface area contributed by atoms with E-state index in [-0.39, 0.29) is 11.8 Å². The molecular formula is C19H22N6.